The molecule has 10 heavy (non-hydrogen) atoms. The average Bonchev–Trinajstić information content (AvgIpc) is 2.51. The summed E-state index contributed by atoms with van der Waals surface area (Å²) in [5.74, 6) is 0. The molecular weight excluding hydrogens is 207 g/mol. The minimum absolute atomic E-state index is 0. The van der Waals surface area contributed by atoms with Crippen LogP contribution in [0.2, 0.25) is 0 Å². The van der Waals surface area contributed by atoms with Gasteiger partial charge in [0, 0.05) is 40.4 Å². The molecule has 58 valence electrons. The molecule has 0 aliphatic heterocycles. The molecule has 0 bridgehead atoms. The summed E-state index contributed by atoms with van der Waals surface area (Å²) in [5.41, 5.74) is 0. The van der Waals surface area contributed by atoms with Gasteiger partial charge in [-0.1, -0.05) is 0 Å². The summed E-state index contributed by atoms with van der Waals surface area (Å²) < 4.78 is 0. The first-order valence-corrected chi connectivity index (χ1v) is 2.56. The molecule has 0 fully saturated rings. The first kappa shape index (κ1) is 16.6. The topological polar surface area (TPSA) is 40.5 Å². The van der Waals surface area contributed by atoms with Gasteiger partial charge >= 0.3 is 0 Å². The number of hydrogen-bond donors (Lipinski definition) is 2. The van der Waals surface area contributed by atoms with Gasteiger partial charge in [0.15, 0.2) is 0 Å². The maximum absolute atomic E-state index is 7.00. The van der Waals surface area contributed by atoms with Gasteiger partial charge in [0.25, 0.3) is 0 Å². The van der Waals surface area contributed by atoms with Crippen molar-refractivity contribution >= 4 is 0 Å². The Hall–Kier alpha value is 0.153. The molecule has 1 aromatic rings. The summed E-state index contributed by atoms with van der Waals surface area (Å²) in [4.78, 5) is 0. The van der Waals surface area contributed by atoms with Crippen molar-refractivity contribution in [3.8, 4) is 0 Å². The number of aliphatic hydroxyl groups excluding tert-OH is 2. The van der Waals surface area contributed by atoms with E-state index in [-0.39, 0.29) is 26.2 Å². The Kier molecular flexibility index (Phi) is 38.1. The average molecular weight is 220 g/mol. The van der Waals surface area contributed by atoms with Crippen LogP contribution < -0.4 is 0 Å². The van der Waals surface area contributed by atoms with Gasteiger partial charge in [0.1, 0.15) is 0 Å². The number of aliphatic hydroxyl groups is 2. The Morgan fingerprint density at radius 3 is 1.30 bits per heavy atom. The molecule has 0 heterocycles. The van der Waals surface area contributed by atoms with E-state index in [1.165, 1.54) is 0 Å². The fourth-order valence-electron chi connectivity index (χ4n) is 0.321. The van der Waals surface area contributed by atoms with Crippen molar-refractivity contribution in [3.05, 3.63) is 30.3 Å². The van der Waals surface area contributed by atoms with Gasteiger partial charge in [-0.2, -0.15) is 18.2 Å². The van der Waals surface area contributed by atoms with E-state index in [0.717, 1.165) is 14.2 Å². The first-order chi connectivity index (χ1) is 4.50. The van der Waals surface area contributed by atoms with E-state index in [1.807, 2.05) is 30.3 Å². The van der Waals surface area contributed by atoms with E-state index in [4.69, 9.17) is 10.2 Å². The molecule has 0 aromatic heterocycles. The fourth-order valence-corrected chi connectivity index (χ4v) is 0.321. The van der Waals surface area contributed by atoms with Gasteiger partial charge in [-0.3, -0.25) is 0 Å². The van der Waals surface area contributed by atoms with Gasteiger partial charge in [-0.25, -0.2) is 12.1 Å². The maximum Gasteiger partial charge on any atom is 0.0319 e. The Bertz CT molecular complexity index is 68.1. The van der Waals surface area contributed by atoms with Crippen LogP contribution in [0.3, 0.4) is 0 Å². The zero-order chi connectivity index (χ0) is 7.54. The second-order valence-corrected chi connectivity index (χ2v) is 0.962. The van der Waals surface area contributed by atoms with E-state index in [2.05, 4.69) is 0 Å². The molecule has 0 spiro atoms. The smallest absolute Gasteiger partial charge is 0.0319 e. The maximum atomic E-state index is 7.00. The molecule has 0 unspecified atom stereocenters. The van der Waals surface area contributed by atoms with Crippen LogP contribution in [0.1, 0.15) is 0 Å². The van der Waals surface area contributed by atoms with Gasteiger partial charge in [0.2, 0.25) is 0 Å². The van der Waals surface area contributed by atoms with Gasteiger partial charge < -0.3 is 10.2 Å². The van der Waals surface area contributed by atoms with Crippen molar-refractivity contribution in [3.63, 3.8) is 0 Å². The Labute approximate surface area is 81.0 Å². The third-order valence-corrected chi connectivity index (χ3v) is 0.556. The molecule has 0 aliphatic carbocycles. The summed E-state index contributed by atoms with van der Waals surface area (Å²) in [6.45, 7) is 0. The first-order valence-electron chi connectivity index (χ1n) is 2.56. The van der Waals surface area contributed by atoms with E-state index in [9.17, 15) is 0 Å². The Balaban J connectivity index is -0.0000000875. The molecule has 0 saturated heterocycles. The zero-order valence-electron chi connectivity index (χ0n) is 6.28. The van der Waals surface area contributed by atoms with Crippen LogP contribution in [0.4, 0.5) is 0 Å². The third-order valence-electron chi connectivity index (χ3n) is 0.556. The van der Waals surface area contributed by atoms with E-state index in [1.54, 1.807) is 0 Å². The van der Waals surface area contributed by atoms with Crippen LogP contribution in [-0.4, -0.2) is 24.4 Å². The molecule has 0 aliphatic rings. The second kappa shape index (κ2) is 22.9. The molecule has 0 saturated carbocycles. The van der Waals surface area contributed by atoms with Crippen molar-refractivity contribution in [2.24, 2.45) is 0 Å². The van der Waals surface area contributed by atoms with E-state index < -0.39 is 0 Å². The summed E-state index contributed by atoms with van der Waals surface area (Å²) in [7, 11) is 2.00. The molecule has 0 amide bonds. The normalized spacial score (nSPS) is 5.20. The van der Waals surface area contributed by atoms with Gasteiger partial charge in [-0.15, -0.1) is 0 Å². The van der Waals surface area contributed by atoms with E-state index in [0.29, 0.717) is 0 Å². The molecule has 0 radical (unpaired) electrons. The predicted octanol–water partition coefficient (Wildman–Crippen LogP) is 0.620. The van der Waals surface area contributed by atoms with Gasteiger partial charge in [0.05, 0.1) is 0 Å². The monoisotopic (exact) mass is 219 g/mol. The van der Waals surface area contributed by atoms with Crippen molar-refractivity contribution < 1.29 is 36.4 Å². The Morgan fingerprint density at radius 1 is 0.900 bits per heavy atom. The van der Waals surface area contributed by atoms with E-state index >= 15 is 0 Å². The van der Waals surface area contributed by atoms with Crippen LogP contribution in [0.15, 0.2) is 30.3 Å². The van der Waals surface area contributed by atoms with Crippen molar-refractivity contribution in [1.29, 1.82) is 0 Å². The molecule has 0 atom stereocenters. The summed E-state index contributed by atoms with van der Waals surface area (Å²) in [5, 5.41) is 14.0. The molecular formula is C7H13O2Zr-. The quantitative estimate of drug-likeness (QED) is 0.629. The third kappa shape index (κ3) is 15.7. The minimum Gasteiger partial charge on any atom is -0.400 e. The molecule has 2 nitrogen and oxygen atoms in total. The fraction of sp³-hybridized carbons (Fsp3) is 0.286. The van der Waals surface area contributed by atoms with Crippen LogP contribution in [0.5, 0.6) is 0 Å². The minimum atomic E-state index is 0. The van der Waals surface area contributed by atoms with Crippen LogP contribution in [0.25, 0.3) is 0 Å². The van der Waals surface area contributed by atoms with Crippen molar-refractivity contribution in [1.82, 2.24) is 0 Å². The molecule has 1 aromatic carbocycles. The summed E-state index contributed by atoms with van der Waals surface area (Å²) in [6, 6.07) is 10.0. The predicted molar refractivity (Wildman–Crippen MR) is 38.3 cm³/mol. The van der Waals surface area contributed by atoms with Crippen molar-refractivity contribution in [2.75, 3.05) is 14.2 Å². The van der Waals surface area contributed by atoms with Crippen molar-refractivity contribution in [2.45, 2.75) is 0 Å². The molecule has 1 rings (SSSR count). The zero-order valence-corrected chi connectivity index (χ0v) is 8.74. The number of hydrogen-bond acceptors (Lipinski definition) is 2. The summed E-state index contributed by atoms with van der Waals surface area (Å²) in [6.07, 6.45) is 0. The Morgan fingerprint density at radius 2 is 1.20 bits per heavy atom. The summed E-state index contributed by atoms with van der Waals surface area (Å²) >= 11 is 0. The number of rotatable bonds is 0. The van der Waals surface area contributed by atoms with Crippen LogP contribution in [-0.2, 0) is 26.2 Å². The van der Waals surface area contributed by atoms with Crippen LogP contribution >= 0.6 is 0 Å². The second-order valence-electron chi connectivity index (χ2n) is 0.962. The van der Waals surface area contributed by atoms with Gasteiger partial charge in [-0.05, 0) is 0 Å². The van der Waals surface area contributed by atoms with Crippen LogP contribution in [0, 0.1) is 0 Å². The SMILES string of the molecule is CO.CO.[Zr].c1cc[cH-]c1. The molecule has 2 N–H and O–H groups in total. The standard InChI is InChI=1S/C5H5.2CH4O.Zr/c1-2-4-5-3-1;2*1-2;/h1-5H;2*2H,1H3;/q-1;;;. The molecule has 3 heteroatoms. The largest absolute Gasteiger partial charge is 0.400 e.